The van der Waals surface area contributed by atoms with Crippen LogP contribution in [0.15, 0.2) is 17.0 Å². The molecule has 1 aliphatic carbocycles. The van der Waals surface area contributed by atoms with E-state index in [-0.39, 0.29) is 0 Å². The Balaban J connectivity index is 2.67. The van der Waals surface area contributed by atoms with Crippen LogP contribution in [-0.2, 0) is 21.1 Å². The van der Waals surface area contributed by atoms with Crippen molar-refractivity contribution in [1.29, 1.82) is 0 Å². The van der Waals surface area contributed by atoms with E-state index in [0.29, 0.717) is 12.1 Å². The summed E-state index contributed by atoms with van der Waals surface area (Å²) >= 11 is 0. The van der Waals surface area contributed by atoms with Crippen LogP contribution in [0.3, 0.4) is 0 Å². The van der Waals surface area contributed by atoms with E-state index in [1.54, 1.807) is 0 Å². The van der Waals surface area contributed by atoms with Crippen LogP contribution in [0.5, 0.6) is 5.75 Å². The molecule has 12 heteroatoms. The molecule has 24 heavy (non-hydrogen) atoms. The minimum Gasteiger partial charge on any atom is -0.482 e. The van der Waals surface area contributed by atoms with Gasteiger partial charge in [-0.3, -0.25) is 0 Å². The highest BCUT2D eigenvalue weighted by molar-refractivity contribution is 7.92. The van der Waals surface area contributed by atoms with Crippen molar-refractivity contribution in [3.63, 3.8) is 0 Å². The van der Waals surface area contributed by atoms with Gasteiger partial charge in [-0.05, 0) is 12.1 Å². The summed E-state index contributed by atoms with van der Waals surface area (Å²) in [6.45, 7) is -0.987. The van der Waals surface area contributed by atoms with Crippen LogP contribution in [0.2, 0.25) is 0 Å². The van der Waals surface area contributed by atoms with Gasteiger partial charge in [-0.2, -0.15) is 13.2 Å². The fourth-order valence-corrected chi connectivity index (χ4v) is 3.30. The summed E-state index contributed by atoms with van der Waals surface area (Å²) in [7, 11) is -6.00. The molecule has 0 aliphatic heterocycles. The Morgan fingerprint density at radius 3 is 2.42 bits per heavy atom. The molecule has 1 aliphatic rings. The second kappa shape index (κ2) is 5.55. The van der Waals surface area contributed by atoms with Crippen molar-refractivity contribution in [2.45, 2.75) is 28.9 Å². The van der Waals surface area contributed by atoms with Crippen molar-refractivity contribution in [3.8, 4) is 5.75 Å². The van der Waals surface area contributed by atoms with Crippen molar-refractivity contribution in [2.24, 2.45) is 0 Å². The van der Waals surface area contributed by atoms with Gasteiger partial charge in [0.2, 0.25) is 0 Å². The van der Waals surface area contributed by atoms with Gasteiger partial charge in [-0.15, -0.1) is 0 Å². The molecule has 1 unspecified atom stereocenters. The maximum absolute atomic E-state index is 13.7. The third-order valence-corrected chi connectivity index (χ3v) is 4.85. The normalized spacial score (nSPS) is 19.8. The number of fused-ring (bicyclic) bond motifs is 1. The maximum Gasteiger partial charge on any atom is 0.501 e. The van der Waals surface area contributed by atoms with E-state index in [2.05, 4.69) is 4.74 Å². The van der Waals surface area contributed by atoms with E-state index in [1.165, 1.54) is 0 Å². The molecule has 0 saturated carbocycles. The van der Waals surface area contributed by atoms with Gasteiger partial charge < -0.3 is 14.9 Å². The largest absolute Gasteiger partial charge is 0.501 e. The summed E-state index contributed by atoms with van der Waals surface area (Å²) in [4.78, 5) is 8.94. The Morgan fingerprint density at radius 2 is 1.92 bits per heavy atom. The van der Waals surface area contributed by atoms with E-state index in [9.17, 15) is 40.3 Å². The molecule has 134 valence electrons. The third-order valence-electron chi connectivity index (χ3n) is 3.31. The van der Waals surface area contributed by atoms with E-state index in [4.69, 9.17) is 5.11 Å². The van der Waals surface area contributed by atoms with Crippen LogP contribution in [0.1, 0.15) is 17.2 Å². The van der Waals surface area contributed by atoms with Gasteiger partial charge in [0.1, 0.15) is 11.9 Å². The van der Waals surface area contributed by atoms with Crippen LogP contribution in [0.25, 0.3) is 0 Å². The molecule has 2 N–H and O–H groups in total. The quantitative estimate of drug-likeness (QED) is 0.776. The highest BCUT2D eigenvalue weighted by Crippen LogP contribution is 2.50. The Labute approximate surface area is 131 Å². The topological polar surface area (TPSA) is 101 Å². The van der Waals surface area contributed by atoms with Crippen LogP contribution < -0.4 is 4.74 Å². The number of halogens is 5. The number of rotatable bonds is 4. The molecule has 0 spiro atoms. The molecule has 1 aromatic rings. The zero-order valence-corrected chi connectivity index (χ0v) is 12.3. The van der Waals surface area contributed by atoms with Gasteiger partial charge >= 0.3 is 11.5 Å². The van der Waals surface area contributed by atoms with Crippen molar-refractivity contribution in [2.75, 3.05) is 6.61 Å². The van der Waals surface area contributed by atoms with E-state index in [0.717, 1.165) is 0 Å². The molecule has 6 nitrogen and oxygen atoms in total. The number of hydrogen-bond donors (Lipinski definition) is 2. The number of carboxylic acids is 1. The van der Waals surface area contributed by atoms with Gasteiger partial charge in [-0.1, -0.05) is 0 Å². The molecule has 0 heterocycles. The zero-order valence-electron chi connectivity index (χ0n) is 11.5. The Kier molecular flexibility index (Phi) is 4.25. The number of ether oxygens (including phenoxy) is 1. The molecule has 1 atom stereocenters. The van der Waals surface area contributed by atoms with Crippen LogP contribution in [0.4, 0.5) is 22.0 Å². The lowest BCUT2D eigenvalue weighted by atomic mass is 10.1. The molecule has 0 radical (unpaired) electrons. The maximum atomic E-state index is 13.7. The lowest BCUT2D eigenvalue weighted by Gasteiger charge is -2.17. The first kappa shape index (κ1) is 18.4. The molecule has 1 aromatic carbocycles. The number of aliphatic carboxylic acids is 1. The summed E-state index contributed by atoms with van der Waals surface area (Å²) in [6, 6.07) is 0.998. The standard InChI is InChI=1S/C12H9F5O6S/c13-11(14)3-5-6(23-4-8(18)19)1-2-7(9(5)10(11)20)24(21,22)12(15,16)17/h1-2,10,20H,3-4H2,(H,18,19). The summed E-state index contributed by atoms with van der Waals surface area (Å²) < 4.78 is 93.2. The molecule has 2 rings (SSSR count). The van der Waals surface area contributed by atoms with Crippen molar-refractivity contribution in [3.05, 3.63) is 23.3 Å². The molecule has 0 amide bonds. The zero-order chi connectivity index (χ0) is 18.5. The number of benzene rings is 1. The van der Waals surface area contributed by atoms with Gasteiger partial charge in [0.05, 0.1) is 4.90 Å². The predicted octanol–water partition coefficient (Wildman–Crippen LogP) is 1.67. The van der Waals surface area contributed by atoms with E-state index >= 15 is 0 Å². The molecular weight excluding hydrogens is 367 g/mol. The molecule has 0 aromatic heterocycles. The summed E-state index contributed by atoms with van der Waals surface area (Å²) in [6.07, 6.45) is -4.09. The van der Waals surface area contributed by atoms with Gasteiger partial charge in [0.25, 0.3) is 15.8 Å². The molecule has 0 fully saturated rings. The second-order valence-electron chi connectivity index (χ2n) is 4.93. The van der Waals surface area contributed by atoms with Gasteiger partial charge in [-0.25, -0.2) is 22.0 Å². The fourth-order valence-electron chi connectivity index (χ4n) is 2.28. The van der Waals surface area contributed by atoms with E-state index in [1.807, 2.05) is 0 Å². The highest BCUT2D eigenvalue weighted by atomic mass is 32.2. The first-order valence-corrected chi connectivity index (χ1v) is 7.65. The minimum absolute atomic E-state index is 0.351. The average Bonchev–Trinajstić information content (AvgIpc) is 2.66. The lowest BCUT2D eigenvalue weighted by Crippen LogP contribution is -2.26. The first-order valence-electron chi connectivity index (χ1n) is 6.16. The van der Waals surface area contributed by atoms with Crippen molar-refractivity contribution < 1.29 is 50.1 Å². The minimum atomic E-state index is -6.00. The van der Waals surface area contributed by atoms with Gasteiger partial charge in [0, 0.05) is 17.5 Å². The SMILES string of the molecule is O=C(O)COc1ccc(S(=O)(=O)C(F)(F)F)c2c1CC(F)(F)C2O. The number of carbonyl (C=O) groups is 1. The van der Waals surface area contributed by atoms with Crippen LogP contribution in [0, 0.1) is 0 Å². The number of sulfone groups is 1. The summed E-state index contributed by atoms with van der Waals surface area (Å²) in [5.74, 6) is -5.95. The van der Waals surface area contributed by atoms with Crippen LogP contribution >= 0.6 is 0 Å². The predicted molar refractivity (Wildman–Crippen MR) is 66.4 cm³/mol. The van der Waals surface area contributed by atoms with Gasteiger partial charge in [0.15, 0.2) is 6.61 Å². The number of aliphatic hydroxyl groups is 1. The summed E-state index contributed by atoms with van der Waals surface area (Å²) in [5, 5.41) is 18.1. The Bertz CT molecular complexity index is 786. The third kappa shape index (κ3) is 2.90. The second-order valence-corrected chi connectivity index (χ2v) is 6.84. The fraction of sp³-hybridized carbons (Fsp3) is 0.417. The Hall–Kier alpha value is -1.95. The number of hydrogen-bond acceptors (Lipinski definition) is 5. The molecular formula is C12H9F5O6S. The average molecular weight is 376 g/mol. The highest BCUT2D eigenvalue weighted by Gasteiger charge is 2.55. The molecule has 0 saturated heterocycles. The number of alkyl halides is 5. The monoisotopic (exact) mass is 376 g/mol. The van der Waals surface area contributed by atoms with Crippen molar-refractivity contribution >= 4 is 15.8 Å². The van der Waals surface area contributed by atoms with E-state index < -0.39 is 68.1 Å². The Morgan fingerprint density at radius 1 is 1.33 bits per heavy atom. The molecule has 0 bridgehead atoms. The van der Waals surface area contributed by atoms with Crippen molar-refractivity contribution in [1.82, 2.24) is 0 Å². The number of carboxylic acid groups (broad SMARTS) is 1. The first-order chi connectivity index (χ1) is 10.8. The summed E-state index contributed by atoms with van der Waals surface area (Å²) in [5.41, 5.74) is -7.58. The lowest BCUT2D eigenvalue weighted by molar-refractivity contribution is -0.139. The number of aliphatic hydroxyl groups excluding tert-OH is 1. The van der Waals surface area contributed by atoms with Crippen LogP contribution in [-0.4, -0.2) is 42.6 Å². The smallest absolute Gasteiger partial charge is 0.482 e.